The summed E-state index contributed by atoms with van der Waals surface area (Å²) in [7, 11) is 0. The van der Waals surface area contributed by atoms with Crippen LogP contribution in [0.3, 0.4) is 0 Å². The minimum atomic E-state index is 0.668. The number of benzene rings is 1. The minimum Gasteiger partial charge on any atom is -0.454 e. The molecule has 0 aliphatic carbocycles. The van der Waals surface area contributed by atoms with Crippen LogP contribution in [0.15, 0.2) is 54.9 Å². The number of hydrogen-bond donors (Lipinski definition) is 0. The van der Waals surface area contributed by atoms with E-state index < -0.39 is 0 Å². The van der Waals surface area contributed by atoms with E-state index in [1.165, 1.54) is 0 Å². The van der Waals surface area contributed by atoms with Gasteiger partial charge in [0.15, 0.2) is 5.75 Å². The Morgan fingerprint density at radius 1 is 0.800 bits per heavy atom. The Kier molecular flexibility index (Phi) is 2.47. The molecule has 0 radical (unpaired) electrons. The first-order chi connectivity index (χ1) is 9.83. The van der Waals surface area contributed by atoms with E-state index >= 15 is 0 Å². The minimum absolute atomic E-state index is 0.668. The second-order valence-electron chi connectivity index (χ2n) is 4.49. The van der Waals surface area contributed by atoms with Gasteiger partial charge in [0.2, 0.25) is 0 Å². The zero-order valence-electron chi connectivity index (χ0n) is 10.4. The van der Waals surface area contributed by atoms with Gasteiger partial charge in [-0.05, 0) is 36.4 Å². The molecule has 3 aromatic rings. The lowest BCUT2D eigenvalue weighted by molar-refractivity contribution is 0.485. The molecule has 3 heterocycles. The van der Waals surface area contributed by atoms with Crippen molar-refractivity contribution in [3.63, 3.8) is 0 Å². The molecule has 96 valence electrons. The van der Waals surface area contributed by atoms with Crippen LogP contribution < -0.4 is 4.74 Å². The zero-order chi connectivity index (χ0) is 13.5. The molecule has 4 rings (SSSR count). The standard InChI is InChI=1S/C16H9ClN2O/c17-10-5-6-13-12(9-10)11-3-1-7-18-15(11)16-14(20-13)4-2-8-19-16/h1-9H. The highest BCUT2D eigenvalue weighted by Gasteiger charge is 2.22. The molecule has 4 heteroatoms. The largest absolute Gasteiger partial charge is 0.454 e. The van der Waals surface area contributed by atoms with Gasteiger partial charge in [0.1, 0.15) is 17.1 Å². The van der Waals surface area contributed by atoms with E-state index in [-0.39, 0.29) is 0 Å². The third kappa shape index (κ3) is 1.67. The fourth-order valence-corrected chi connectivity index (χ4v) is 2.55. The summed E-state index contributed by atoms with van der Waals surface area (Å²) < 4.78 is 5.98. The summed E-state index contributed by atoms with van der Waals surface area (Å²) in [5.41, 5.74) is 3.46. The Labute approximate surface area is 120 Å². The van der Waals surface area contributed by atoms with Crippen molar-refractivity contribution in [2.24, 2.45) is 0 Å². The average molecular weight is 281 g/mol. The highest BCUT2D eigenvalue weighted by Crippen LogP contribution is 2.45. The maximum absolute atomic E-state index is 6.12. The molecule has 0 amide bonds. The van der Waals surface area contributed by atoms with Crippen molar-refractivity contribution in [1.82, 2.24) is 9.97 Å². The lowest BCUT2D eigenvalue weighted by Crippen LogP contribution is -1.90. The first-order valence-electron chi connectivity index (χ1n) is 6.21. The molecule has 0 bridgehead atoms. The lowest BCUT2D eigenvalue weighted by atomic mass is 10.0. The van der Waals surface area contributed by atoms with Crippen LogP contribution in [0.1, 0.15) is 0 Å². The molecule has 1 aromatic carbocycles. The van der Waals surface area contributed by atoms with E-state index in [1.807, 2.05) is 42.5 Å². The van der Waals surface area contributed by atoms with Crippen LogP contribution in [-0.2, 0) is 0 Å². The summed E-state index contributed by atoms with van der Waals surface area (Å²) in [5, 5.41) is 0.668. The average Bonchev–Trinajstić information content (AvgIpc) is 2.62. The topological polar surface area (TPSA) is 35.0 Å². The summed E-state index contributed by atoms with van der Waals surface area (Å²) in [5.74, 6) is 1.46. The third-order valence-electron chi connectivity index (χ3n) is 3.25. The number of pyridine rings is 2. The number of fused-ring (bicyclic) bond motifs is 5. The van der Waals surface area contributed by atoms with E-state index in [9.17, 15) is 0 Å². The Bertz CT molecular complexity index is 817. The van der Waals surface area contributed by atoms with Gasteiger partial charge in [0.25, 0.3) is 0 Å². The normalized spacial score (nSPS) is 11.7. The molecule has 3 nitrogen and oxygen atoms in total. The van der Waals surface area contributed by atoms with Crippen LogP contribution in [0.2, 0.25) is 5.02 Å². The maximum Gasteiger partial charge on any atom is 0.155 e. The number of ether oxygens (including phenoxy) is 1. The fraction of sp³-hybridized carbons (Fsp3) is 0. The lowest BCUT2D eigenvalue weighted by Gasteiger charge is -2.08. The molecular weight excluding hydrogens is 272 g/mol. The van der Waals surface area contributed by atoms with Crippen molar-refractivity contribution in [3.8, 4) is 34.0 Å². The van der Waals surface area contributed by atoms with Crippen molar-refractivity contribution in [1.29, 1.82) is 0 Å². The number of nitrogens with zero attached hydrogens (tertiary/aromatic N) is 2. The summed E-state index contributed by atoms with van der Waals surface area (Å²) in [4.78, 5) is 8.87. The number of halogens is 1. The van der Waals surface area contributed by atoms with Gasteiger partial charge in [-0.3, -0.25) is 9.97 Å². The molecular formula is C16H9ClN2O. The van der Waals surface area contributed by atoms with Crippen LogP contribution in [0.25, 0.3) is 22.5 Å². The van der Waals surface area contributed by atoms with Gasteiger partial charge in [-0.15, -0.1) is 0 Å². The fourth-order valence-electron chi connectivity index (χ4n) is 2.38. The second-order valence-corrected chi connectivity index (χ2v) is 4.93. The van der Waals surface area contributed by atoms with Gasteiger partial charge in [-0.25, -0.2) is 0 Å². The molecule has 1 aliphatic heterocycles. The maximum atomic E-state index is 6.12. The highest BCUT2D eigenvalue weighted by atomic mass is 35.5. The number of aromatic nitrogens is 2. The Morgan fingerprint density at radius 2 is 1.60 bits per heavy atom. The predicted octanol–water partition coefficient (Wildman–Crippen LogP) is 4.57. The summed E-state index contributed by atoms with van der Waals surface area (Å²) in [6, 6.07) is 13.2. The smallest absolute Gasteiger partial charge is 0.155 e. The van der Waals surface area contributed by atoms with Gasteiger partial charge in [0.05, 0.1) is 0 Å². The van der Waals surface area contributed by atoms with Crippen molar-refractivity contribution < 1.29 is 4.74 Å². The van der Waals surface area contributed by atoms with Gasteiger partial charge < -0.3 is 4.74 Å². The molecule has 20 heavy (non-hydrogen) atoms. The van der Waals surface area contributed by atoms with Crippen LogP contribution in [0, 0.1) is 0 Å². The summed E-state index contributed by atoms with van der Waals surface area (Å²) >= 11 is 6.12. The molecule has 0 saturated heterocycles. The molecule has 0 spiro atoms. The van der Waals surface area contributed by atoms with Gasteiger partial charge >= 0.3 is 0 Å². The van der Waals surface area contributed by atoms with E-state index in [2.05, 4.69) is 9.97 Å². The Morgan fingerprint density at radius 3 is 2.50 bits per heavy atom. The molecule has 1 aliphatic rings. The molecule has 0 unspecified atom stereocenters. The van der Waals surface area contributed by atoms with Crippen molar-refractivity contribution in [2.75, 3.05) is 0 Å². The van der Waals surface area contributed by atoms with Gasteiger partial charge in [-0.2, -0.15) is 0 Å². The van der Waals surface area contributed by atoms with E-state index in [0.717, 1.165) is 28.3 Å². The van der Waals surface area contributed by atoms with E-state index in [0.29, 0.717) is 10.8 Å². The summed E-state index contributed by atoms with van der Waals surface area (Å²) in [6.07, 6.45) is 3.50. The van der Waals surface area contributed by atoms with Gasteiger partial charge in [0, 0.05) is 28.5 Å². The summed E-state index contributed by atoms with van der Waals surface area (Å²) in [6.45, 7) is 0. The third-order valence-corrected chi connectivity index (χ3v) is 3.49. The molecule has 0 saturated carbocycles. The monoisotopic (exact) mass is 280 g/mol. The second kappa shape index (κ2) is 4.32. The Hall–Kier alpha value is -2.39. The molecule has 0 fully saturated rings. The number of rotatable bonds is 0. The number of hydrogen-bond acceptors (Lipinski definition) is 3. The van der Waals surface area contributed by atoms with Crippen LogP contribution in [0.4, 0.5) is 0 Å². The first kappa shape index (κ1) is 11.4. The van der Waals surface area contributed by atoms with Crippen molar-refractivity contribution >= 4 is 11.6 Å². The highest BCUT2D eigenvalue weighted by molar-refractivity contribution is 6.31. The SMILES string of the molecule is Clc1ccc2c(c1)-c1cccnc1-c1ncccc1O2. The van der Waals surface area contributed by atoms with Crippen LogP contribution in [0.5, 0.6) is 11.5 Å². The zero-order valence-corrected chi connectivity index (χ0v) is 11.1. The van der Waals surface area contributed by atoms with Gasteiger partial charge in [-0.1, -0.05) is 17.7 Å². The molecule has 0 N–H and O–H groups in total. The van der Waals surface area contributed by atoms with Crippen LogP contribution in [-0.4, -0.2) is 9.97 Å². The van der Waals surface area contributed by atoms with Crippen molar-refractivity contribution in [3.05, 3.63) is 59.9 Å². The molecule has 2 aromatic heterocycles. The first-order valence-corrected chi connectivity index (χ1v) is 6.59. The predicted molar refractivity (Wildman–Crippen MR) is 78.0 cm³/mol. The van der Waals surface area contributed by atoms with E-state index in [4.69, 9.17) is 16.3 Å². The Balaban J connectivity index is 2.12. The van der Waals surface area contributed by atoms with Crippen LogP contribution >= 0.6 is 11.6 Å². The molecule has 0 atom stereocenters. The van der Waals surface area contributed by atoms with Crippen molar-refractivity contribution in [2.45, 2.75) is 0 Å². The quantitative estimate of drug-likeness (QED) is 0.473. The van der Waals surface area contributed by atoms with E-state index in [1.54, 1.807) is 12.4 Å².